The third kappa shape index (κ3) is 7.91. The fourth-order valence-electron chi connectivity index (χ4n) is 4.53. The average molecular weight is 566 g/mol. The Morgan fingerprint density at radius 2 is 1.39 bits per heavy atom. The first-order valence-electron chi connectivity index (χ1n) is 12.9. The molecule has 3 aromatic carbocycles. The number of alkyl halides is 3. The summed E-state index contributed by atoms with van der Waals surface area (Å²) in [5.74, 6) is -3.09. The number of carbonyl (C=O) groups is 4. The van der Waals surface area contributed by atoms with Crippen LogP contribution in [0.15, 0.2) is 72.8 Å². The van der Waals surface area contributed by atoms with Crippen LogP contribution in [0.5, 0.6) is 5.75 Å². The highest BCUT2D eigenvalue weighted by Crippen LogP contribution is 2.28. The first kappa shape index (κ1) is 29.3. The maximum atomic E-state index is 13.6. The summed E-state index contributed by atoms with van der Waals surface area (Å²) in [7, 11) is 0. The lowest BCUT2D eigenvalue weighted by Crippen LogP contribution is -2.26. The van der Waals surface area contributed by atoms with E-state index in [-0.39, 0.29) is 35.2 Å². The molecule has 0 bridgehead atoms. The van der Waals surface area contributed by atoms with E-state index in [0.717, 1.165) is 43.4 Å². The molecule has 0 fully saturated rings. The molecule has 0 saturated heterocycles. The number of aryl methyl sites for hydroxylation is 2. The van der Waals surface area contributed by atoms with Crippen molar-refractivity contribution in [2.45, 2.75) is 38.5 Å². The largest absolute Gasteiger partial charge is 0.573 e. The molecule has 0 atom stereocenters. The van der Waals surface area contributed by atoms with Gasteiger partial charge in [-0.05, 0) is 78.8 Å². The molecule has 41 heavy (non-hydrogen) atoms. The van der Waals surface area contributed by atoms with E-state index >= 15 is 0 Å². The van der Waals surface area contributed by atoms with E-state index in [1.54, 1.807) is 6.07 Å². The number of hydrogen-bond acceptors (Lipinski definition) is 5. The number of amides is 1. The van der Waals surface area contributed by atoms with Gasteiger partial charge in [-0.3, -0.25) is 19.2 Å². The van der Waals surface area contributed by atoms with Crippen LogP contribution in [0.4, 0.5) is 13.2 Å². The number of carboxylic acid groups (broad SMARTS) is 1. The molecule has 1 aliphatic carbocycles. The Morgan fingerprint density at radius 3 is 2.02 bits per heavy atom. The summed E-state index contributed by atoms with van der Waals surface area (Å²) in [6.07, 6.45) is -0.0907. The molecule has 0 aromatic heterocycles. The van der Waals surface area contributed by atoms with E-state index in [1.807, 2.05) is 12.1 Å². The molecule has 0 unspecified atom stereocenters. The summed E-state index contributed by atoms with van der Waals surface area (Å²) in [6.45, 7) is -0.0689. The number of fused-ring (bicyclic) bond motifs is 1. The number of carbonyl (C=O) groups excluding carboxylic acids is 3. The molecule has 7 nitrogen and oxygen atoms in total. The van der Waals surface area contributed by atoms with Crippen molar-refractivity contribution in [3.63, 3.8) is 0 Å². The molecule has 0 radical (unpaired) electrons. The number of halogens is 3. The van der Waals surface area contributed by atoms with Gasteiger partial charge in [0.25, 0.3) is 5.91 Å². The van der Waals surface area contributed by atoms with Crippen molar-refractivity contribution < 1.29 is 42.2 Å². The van der Waals surface area contributed by atoms with E-state index < -0.39 is 35.6 Å². The molecule has 0 saturated carbocycles. The Balaban J connectivity index is 1.63. The molecular formula is C31H26F3NO6. The van der Waals surface area contributed by atoms with Gasteiger partial charge in [0.05, 0.1) is 6.42 Å². The van der Waals surface area contributed by atoms with Gasteiger partial charge in [0.1, 0.15) is 5.75 Å². The molecule has 1 aliphatic rings. The number of aliphatic carboxylic acids is 1. The highest BCUT2D eigenvalue weighted by atomic mass is 19.4. The molecule has 3 aromatic rings. The minimum atomic E-state index is -4.89. The Bertz CT molecular complexity index is 1490. The van der Waals surface area contributed by atoms with Crippen molar-refractivity contribution in [3.05, 3.63) is 106 Å². The van der Waals surface area contributed by atoms with Gasteiger partial charge in [-0.15, -0.1) is 13.2 Å². The fourth-order valence-corrected chi connectivity index (χ4v) is 4.53. The van der Waals surface area contributed by atoms with Crippen LogP contribution in [0.1, 0.15) is 67.0 Å². The van der Waals surface area contributed by atoms with Crippen molar-refractivity contribution in [2.24, 2.45) is 0 Å². The number of Topliss-reactive ketones (excluding diaryl/α,β-unsaturated/α-hetero) is 1. The molecule has 0 spiro atoms. The van der Waals surface area contributed by atoms with Gasteiger partial charge in [-0.1, -0.05) is 36.4 Å². The zero-order chi connectivity index (χ0) is 29.6. The second kappa shape index (κ2) is 12.6. The van der Waals surface area contributed by atoms with Crippen LogP contribution in [0, 0.1) is 0 Å². The Hall–Kier alpha value is -4.73. The zero-order valence-corrected chi connectivity index (χ0v) is 21.8. The van der Waals surface area contributed by atoms with Crippen LogP contribution in [-0.2, 0) is 17.6 Å². The average Bonchev–Trinajstić information content (AvgIpc) is 2.94. The van der Waals surface area contributed by atoms with Gasteiger partial charge in [0.15, 0.2) is 11.6 Å². The molecule has 1 amide bonds. The van der Waals surface area contributed by atoms with Crippen LogP contribution in [0.3, 0.4) is 0 Å². The lowest BCUT2D eigenvalue weighted by molar-refractivity contribution is -0.274. The van der Waals surface area contributed by atoms with E-state index in [1.165, 1.54) is 48.0 Å². The molecule has 0 heterocycles. The van der Waals surface area contributed by atoms with Crippen LogP contribution < -0.4 is 10.1 Å². The Morgan fingerprint density at radius 1 is 0.805 bits per heavy atom. The van der Waals surface area contributed by atoms with Gasteiger partial charge in [-0.25, -0.2) is 0 Å². The predicted octanol–water partition coefficient (Wildman–Crippen LogP) is 5.82. The first-order valence-corrected chi connectivity index (χ1v) is 12.9. The van der Waals surface area contributed by atoms with Crippen molar-refractivity contribution >= 4 is 29.0 Å². The first-order chi connectivity index (χ1) is 19.5. The summed E-state index contributed by atoms with van der Waals surface area (Å²) in [6, 6.07) is 15.6. The summed E-state index contributed by atoms with van der Waals surface area (Å²) >= 11 is 0. The number of allylic oxidation sites excluding steroid dienone is 2. The number of benzene rings is 3. The minimum Gasteiger partial charge on any atom is -0.481 e. The zero-order valence-electron chi connectivity index (χ0n) is 21.8. The van der Waals surface area contributed by atoms with Crippen molar-refractivity contribution in [1.82, 2.24) is 5.32 Å². The summed E-state index contributed by atoms with van der Waals surface area (Å²) in [4.78, 5) is 49.8. The van der Waals surface area contributed by atoms with Crippen molar-refractivity contribution in [3.8, 4) is 5.75 Å². The van der Waals surface area contributed by atoms with Crippen molar-refractivity contribution in [1.29, 1.82) is 0 Å². The highest BCUT2D eigenvalue weighted by molar-refractivity contribution is 6.32. The van der Waals surface area contributed by atoms with Crippen LogP contribution in [0.25, 0.3) is 5.57 Å². The van der Waals surface area contributed by atoms with Crippen LogP contribution in [0.2, 0.25) is 0 Å². The Labute approximate surface area is 233 Å². The molecule has 212 valence electrons. The van der Waals surface area contributed by atoms with E-state index in [2.05, 4.69) is 10.1 Å². The van der Waals surface area contributed by atoms with Crippen LogP contribution in [-0.4, -0.2) is 41.5 Å². The summed E-state index contributed by atoms with van der Waals surface area (Å²) in [5, 5.41) is 11.2. The second-order valence-corrected chi connectivity index (χ2v) is 9.49. The third-order valence-electron chi connectivity index (χ3n) is 6.59. The predicted molar refractivity (Wildman–Crippen MR) is 144 cm³/mol. The second-order valence-electron chi connectivity index (χ2n) is 9.49. The maximum absolute atomic E-state index is 13.6. The molecular weight excluding hydrogens is 539 g/mol. The minimum absolute atomic E-state index is 0.0510. The van der Waals surface area contributed by atoms with E-state index in [4.69, 9.17) is 5.11 Å². The molecule has 10 heteroatoms. The van der Waals surface area contributed by atoms with Gasteiger partial charge < -0.3 is 15.2 Å². The normalized spacial score (nSPS) is 13.2. The van der Waals surface area contributed by atoms with Gasteiger partial charge in [0.2, 0.25) is 0 Å². The number of hydrogen-bond donors (Lipinski definition) is 2. The monoisotopic (exact) mass is 565 g/mol. The SMILES string of the molecule is O=C(O)CCNC(=O)c1ccc(C(=O)C(=CC(=O)c2ccc3c(c2)CCCC3)c2ccc(OC(F)(F)F)cc2)cc1. The smallest absolute Gasteiger partial charge is 0.481 e. The van der Waals surface area contributed by atoms with Gasteiger partial charge >= 0.3 is 12.3 Å². The number of ether oxygens (including phenoxy) is 1. The van der Waals surface area contributed by atoms with Gasteiger partial charge in [-0.2, -0.15) is 0 Å². The molecule has 2 N–H and O–H groups in total. The van der Waals surface area contributed by atoms with Gasteiger partial charge in [0, 0.05) is 28.8 Å². The fraction of sp³-hybridized carbons (Fsp3) is 0.226. The Kier molecular flexibility index (Phi) is 9.01. The highest BCUT2D eigenvalue weighted by Gasteiger charge is 2.31. The lowest BCUT2D eigenvalue weighted by atomic mass is 9.89. The van der Waals surface area contributed by atoms with E-state index in [0.29, 0.717) is 5.56 Å². The molecule has 4 rings (SSSR count). The summed E-state index contributed by atoms with van der Waals surface area (Å²) < 4.78 is 41.8. The molecule has 0 aliphatic heterocycles. The maximum Gasteiger partial charge on any atom is 0.573 e. The topological polar surface area (TPSA) is 110 Å². The summed E-state index contributed by atoms with van der Waals surface area (Å²) in [5.41, 5.74) is 3.12. The third-order valence-corrected chi connectivity index (χ3v) is 6.59. The number of rotatable bonds is 10. The number of carboxylic acids is 1. The lowest BCUT2D eigenvalue weighted by Gasteiger charge is -2.16. The number of nitrogens with one attached hydrogen (secondary N) is 1. The van der Waals surface area contributed by atoms with E-state index in [9.17, 15) is 32.3 Å². The standard InChI is InChI=1S/C31H26F3NO6/c32-31(33,34)41-25-13-11-20(12-14-25)26(18-27(36)24-10-5-19-3-1-2-4-23(19)17-24)29(39)21-6-8-22(9-7-21)30(40)35-16-15-28(37)38/h5-14,17-18H,1-4,15-16H2,(H,35,40)(H,37,38). The quantitative estimate of drug-likeness (QED) is 0.237. The van der Waals surface area contributed by atoms with Crippen LogP contribution >= 0.6 is 0 Å². The van der Waals surface area contributed by atoms with Crippen molar-refractivity contribution in [2.75, 3.05) is 6.54 Å². The number of ketones is 2.